The molecule has 118 valence electrons. The zero-order chi connectivity index (χ0) is 15.4. The molecule has 2 aromatic rings. The molecule has 0 spiro atoms. The average Bonchev–Trinajstić information content (AvgIpc) is 3.23. The van der Waals surface area contributed by atoms with Crippen molar-refractivity contribution in [2.45, 2.75) is 32.4 Å². The lowest BCUT2D eigenvalue weighted by Gasteiger charge is -2.35. The van der Waals surface area contributed by atoms with E-state index < -0.39 is 0 Å². The van der Waals surface area contributed by atoms with Crippen LogP contribution in [0.1, 0.15) is 30.9 Å². The molecule has 7 nitrogen and oxygen atoms in total. The fourth-order valence-corrected chi connectivity index (χ4v) is 2.83. The van der Waals surface area contributed by atoms with E-state index in [-0.39, 0.29) is 11.9 Å². The summed E-state index contributed by atoms with van der Waals surface area (Å²) in [5.41, 5.74) is 0.921. The average molecular weight is 303 g/mol. The second kappa shape index (κ2) is 6.74. The number of imidazole rings is 1. The number of hydrogen-bond acceptors (Lipinski definition) is 4. The highest BCUT2D eigenvalue weighted by Crippen LogP contribution is 2.23. The molecular formula is C15H21N5O2. The number of carbonyl (C=O) groups is 1. The second-order valence-corrected chi connectivity index (χ2v) is 5.33. The Morgan fingerprint density at radius 2 is 2.41 bits per heavy atom. The molecule has 1 atom stereocenters. The minimum Gasteiger partial charge on any atom is -0.377 e. The van der Waals surface area contributed by atoms with Crippen molar-refractivity contribution in [3.05, 3.63) is 36.2 Å². The molecular weight excluding hydrogens is 282 g/mol. The molecule has 1 N–H and O–H groups in total. The smallest absolute Gasteiger partial charge is 0.225 e. The molecule has 0 saturated carbocycles. The number of aromatic amines is 1. The van der Waals surface area contributed by atoms with Gasteiger partial charge < -0.3 is 14.2 Å². The summed E-state index contributed by atoms with van der Waals surface area (Å²) in [4.78, 5) is 18.8. The Balaban J connectivity index is 1.65. The van der Waals surface area contributed by atoms with Crippen LogP contribution in [0.3, 0.4) is 0 Å². The lowest BCUT2D eigenvalue weighted by atomic mass is 10.1. The molecule has 1 aliphatic rings. The van der Waals surface area contributed by atoms with Crippen LogP contribution in [0.2, 0.25) is 0 Å². The van der Waals surface area contributed by atoms with Crippen LogP contribution in [0.5, 0.6) is 0 Å². The van der Waals surface area contributed by atoms with Gasteiger partial charge in [0.05, 0.1) is 24.9 Å². The molecule has 0 bridgehead atoms. The number of aromatic nitrogens is 4. The molecule has 2 aromatic heterocycles. The highest BCUT2D eigenvalue weighted by Gasteiger charge is 2.29. The van der Waals surface area contributed by atoms with E-state index in [1.165, 1.54) is 0 Å². The Labute approximate surface area is 129 Å². The summed E-state index contributed by atoms with van der Waals surface area (Å²) >= 11 is 0. The van der Waals surface area contributed by atoms with Crippen molar-refractivity contribution < 1.29 is 9.53 Å². The summed E-state index contributed by atoms with van der Waals surface area (Å²) in [7, 11) is 0. The molecule has 0 aromatic carbocycles. The molecule has 1 saturated heterocycles. The Kier molecular flexibility index (Phi) is 4.53. The Morgan fingerprint density at radius 3 is 3.18 bits per heavy atom. The van der Waals surface area contributed by atoms with Crippen LogP contribution < -0.4 is 0 Å². The van der Waals surface area contributed by atoms with Crippen LogP contribution >= 0.6 is 0 Å². The number of morpholine rings is 1. The van der Waals surface area contributed by atoms with Crippen molar-refractivity contribution in [1.29, 1.82) is 0 Å². The second-order valence-electron chi connectivity index (χ2n) is 5.33. The summed E-state index contributed by atoms with van der Waals surface area (Å²) in [5.74, 6) is 1.15. The van der Waals surface area contributed by atoms with Crippen LogP contribution in [0.25, 0.3) is 0 Å². The topological polar surface area (TPSA) is 76.0 Å². The van der Waals surface area contributed by atoms with Gasteiger partial charge in [0.1, 0.15) is 5.82 Å². The number of ether oxygens (including phenoxy) is 1. The largest absolute Gasteiger partial charge is 0.377 e. The summed E-state index contributed by atoms with van der Waals surface area (Å²) < 4.78 is 7.56. The first kappa shape index (κ1) is 14.8. The van der Waals surface area contributed by atoms with Crippen LogP contribution in [-0.2, 0) is 22.5 Å². The van der Waals surface area contributed by atoms with Crippen LogP contribution in [-0.4, -0.2) is 50.3 Å². The van der Waals surface area contributed by atoms with E-state index in [2.05, 4.69) is 22.1 Å². The van der Waals surface area contributed by atoms with E-state index in [4.69, 9.17) is 4.74 Å². The van der Waals surface area contributed by atoms with Gasteiger partial charge in [0.25, 0.3) is 0 Å². The zero-order valence-corrected chi connectivity index (χ0v) is 12.7. The van der Waals surface area contributed by atoms with Gasteiger partial charge >= 0.3 is 0 Å². The molecule has 3 heterocycles. The normalized spacial score (nSPS) is 18.6. The molecule has 1 fully saturated rings. The maximum atomic E-state index is 12.6. The number of aryl methyl sites for hydroxylation is 2. The first-order chi connectivity index (χ1) is 10.8. The number of rotatable bonds is 5. The summed E-state index contributed by atoms with van der Waals surface area (Å²) in [6.07, 6.45) is 6.75. The lowest BCUT2D eigenvalue weighted by Crippen LogP contribution is -2.43. The SMILES string of the molecule is CCc1nccn1CCC(=O)N1CCOCC1c1ccn[nH]1. The molecule has 0 radical (unpaired) electrons. The van der Waals surface area contributed by atoms with Crippen molar-refractivity contribution in [2.24, 2.45) is 0 Å². The quantitative estimate of drug-likeness (QED) is 0.899. The van der Waals surface area contributed by atoms with E-state index in [1.54, 1.807) is 12.4 Å². The monoisotopic (exact) mass is 303 g/mol. The van der Waals surface area contributed by atoms with Crippen molar-refractivity contribution in [3.8, 4) is 0 Å². The van der Waals surface area contributed by atoms with Crippen LogP contribution in [0.4, 0.5) is 0 Å². The van der Waals surface area contributed by atoms with Gasteiger partial charge in [-0.25, -0.2) is 4.98 Å². The number of nitrogens with zero attached hydrogens (tertiary/aromatic N) is 4. The van der Waals surface area contributed by atoms with E-state index in [1.807, 2.05) is 21.7 Å². The maximum Gasteiger partial charge on any atom is 0.225 e. The predicted octanol–water partition coefficient (Wildman–Crippen LogP) is 1.16. The zero-order valence-electron chi connectivity index (χ0n) is 12.7. The Morgan fingerprint density at radius 1 is 1.50 bits per heavy atom. The van der Waals surface area contributed by atoms with Gasteiger partial charge in [-0.1, -0.05) is 6.92 Å². The third kappa shape index (κ3) is 3.04. The predicted molar refractivity (Wildman–Crippen MR) is 80.1 cm³/mol. The van der Waals surface area contributed by atoms with Crippen molar-refractivity contribution in [2.75, 3.05) is 19.8 Å². The van der Waals surface area contributed by atoms with Crippen molar-refractivity contribution >= 4 is 5.91 Å². The Hall–Kier alpha value is -2.15. The van der Waals surface area contributed by atoms with Crippen LogP contribution in [0.15, 0.2) is 24.7 Å². The molecule has 3 rings (SSSR count). The van der Waals surface area contributed by atoms with Gasteiger partial charge in [0.2, 0.25) is 5.91 Å². The fraction of sp³-hybridized carbons (Fsp3) is 0.533. The van der Waals surface area contributed by atoms with E-state index >= 15 is 0 Å². The number of amides is 1. The molecule has 1 amide bonds. The highest BCUT2D eigenvalue weighted by atomic mass is 16.5. The van der Waals surface area contributed by atoms with Gasteiger partial charge in [-0.15, -0.1) is 0 Å². The van der Waals surface area contributed by atoms with E-state index in [0.29, 0.717) is 32.7 Å². The Bertz CT molecular complexity index is 607. The van der Waals surface area contributed by atoms with Crippen LogP contribution in [0, 0.1) is 0 Å². The number of hydrogen-bond donors (Lipinski definition) is 1. The molecule has 7 heteroatoms. The molecule has 0 aliphatic carbocycles. The van der Waals surface area contributed by atoms with E-state index in [9.17, 15) is 4.79 Å². The van der Waals surface area contributed by atoms with E-state index in [0.717, 1.165) is 17.9 Å². The minimum absolute atomic E-state index is 0.0721. The summed E-state index contributed by atoms with van der Waals surface area (Å²) in [6.45, 7) is 4.44. The van der Waals surface area contributed by atoms with Crippen molar-refractivity contribution in [1.82, 2.24) is 24.6 Å². The first-order valence-electron chi connectivity index (χ1n) is 7.66. The third-order valence-electron chi connectivity index (χ3n) is 4.01. The lowest BCUT2D eigenvalue weighted by molar-refractivity contribution is -0.140. The third-order valence-corrected chi connectivity index (χ3v) is 4.01. The van der Waals surface area contributed by atoms with Gasteiger partial charge in [-0.2, -0.15) is 5.10 Å². The molecule has 22 heavy (non-hydrogen) atoms. The van der Waals surface area contributed by atoms with Gasteiger partial charge in [0, 0.05) is 44.5 Å². The summed E-state index contributed by atoms with van der Waals surface area (Å²) in [5, 5.41) is 6.91. The van der Waals surface area contributed by atoms with Gasteiger partial charge in [0.15, 0.2) is 0 Å². The fourth-order valence-electron chi connectivity index (χ4n) is 2.83. The molecule has 1 aliphatic heterocycles. The summed E-state index contributed by atoms with van der Waals surface area (Å²) in [6, 6.07) is 1.82. The molecule has 1 unspecified atom stereocenters. The van der Waals surface area contributed by atoms with Gasteiger partial charge in [-0.3, -0.25) is 9.89 Å². The number of H-pyrrole nitrogens is 1. The first-order valence-corrected chi connectivity index (χ1v) is 7.66. The van der Waals surface area contributed by atoms with Crippen molar-refractivity contribution in [3.63, 3.8) is 0 Å². The number of nitrogens with one attached hydrogen (secondary N) is 1. The maximum absolute atomic E-state index is 12.6. The standard InChI is InChI=1S/C15H21N5O2/c1-2-14-16-6-8-19(14)7-4-15(21)20-9-10-22-11-13(20)12-3-5-17-18-12/h3,5-6,8,13H,2,4,7,9-11H2,1H3,(H,17,18). The minimum atomic E-state index is -0.0721. The number of carbonyl (C=O) groups excluding carboxylic acids is 1. The van der Waals surface area contributed by atoms with Gasteiger partial charge in [-0.05, 0) is 6.07 Å². The highest BCUT2D eigenvalue weighted by molar-refractivity contribution is 5.76.